The number of aromatic amines is 1. The molecule has 0 aliphatic carbocycles. The lowest BCUT2D eigenvalue weighted by Crippen LogP contribution is -2.01. The molecule has 0 fully saturated rings. The lowest BCUT2D eigenvalue weighted by molar-refractivity contribution is 0.0697. The van der Waals surface area contributed by atoms with Gasteiger partial charge in [-0.15, -0.1) is 11.3 Å². The summed E-state index contributed by atoms with van der Waals surface area (Å²) in [7, 11) is 0. The van der Waals surface area contributed by atoms with Gasteiger partial charge in [0.1, 0.15) is 5.01 Å². The number of H-pyrrole nitrogens is 1. The first-order chi connectivity index (χ1) is 9.15. The Balaban J connectivity index is 2.20. The van der Waals surface area contributed by atoms with E-state index < -0.39 is 5.97 Å². The summed E-state index contributed by atoms with van der Waals surface area (Å²) in [6.45, 7) is 0. The van der Waals surface area contributed by atoms with Gasteiger partial charge in [-0.1, -0.05) is 0 Å². The summed E-state index contributed by atoms with van der Waals surface area (Å²) < 4.78 is 0.748. The molecule has 6 heteroatoms. The smallest absolute Gasteiger partial charge is 0.335 e. The van der Waals surface area contributed by atoms with Gasteiger partial charge in [0.25, 0.3) is 0 Å². The summed E-state index contributed by atoms with van der Waals surface area (Å²) >= 11 is 1.30. The molecule has 0 radical (unpaired) electrons. The van der Waals surface area contributed by atoms with Crippen LogP contribution in [0.15, 0.2) is 41.5 Å². The Kier molecular flexibility index (Phi) is 2.64. The fraction of sp³-hybridized carbons (Fsp3) is 0. The van der Waals surface area contributed by atoms with Crippen molar-refractivity contribution in [3.05, 3.63) is 52.4 Å². The SMILES string of the molecule is O=C(O)c1ccc2nc(-c3c[nH]ccc3=O)sc2c1. The molecule has 1 aromatic carbocycles. The molecule has 5 nitrogen and oxygen atoms in total. The minimum absolute atomic E-state index is 0.115. The first-order valence-electron chi connectivity index (χ1n) is 5.46. The summed E-state index contributed by atoms with van der Waals surface area (Å²) in [6, 6.07) is 6.15. The minimum atomic E-state index is -0.977. The molecule has 0 unspecified atom stereocenters. The zero-order valence-electron chi connectivity index (χ0n) is 9.58. The highest BCUT2D eigenvalue weighted by Crippen LogP contribution is 2.28. The predicted octanol–water partition coefficient (Wildman–Crippen LogP) is 2.35. The van der Waals surface area contributed by atoms with E-state index in [1.165, 1.54) is 23.5 Å². The fourth-order valence-corrected chi connectivity index (χ4v) is 2.78. The van der Waals surface area contributed by atoms with E-state index >= 15 is 0 Å². The zero-order valence-corrected chi connectivity index (χ0v) is 10.4. The maximum absolute atomic E-state index is 11.7. The molecule has 0 saturated carbocycles. The molecule has 0 amide bonds. The Labute approximate surface area is 111 Å². The number of aromatic nitrogens is 2. The predicted molar refractivity (Wildman–Crippen MR) is 72.6 cm³/mol. The van der Waals surface area contributed by atoms with Crippen molar-refractivity contribution in [3.8, 4) is 10.6 Å². The third-order valence-corrected chi connectivity index (χ3v) is 3.74. The number of hydrogen-bond acceptors (Lipinski definition) is 4. The monoisotopic (exact) mass is 272 g/mol. The number of hydrogen-bond donors (Lipinski definition) is 2. The molecule has 0 saturated heterocycles. The maximum Gasteiger partial charge on any atom is 0.335 e. The Morgan fingerprint density at radius 1 is 1.32 bits per heavy atom. The number of nitrogens with one attached hydrogen (secondary N) is 1. The van der Waals surface area contributed by atoms with Crippen molar-refractivity contribution in [2.24, 2.45) is 0 Å². The Morgan fingerprint density at radius 3 is 2.89 bits per heavy atom. The van der Waals surface area contributed by atoms with Crippen molar-refractivity contribution >= 4 is 27.5 Å². The number of carbonyl (C=O) groups is 1. The molecule has 19 heavy (non-hydrogen) atoms. The average molecular weight is 272 g/mol. The van der Waals surface area contributed by atoms with Crippen LogP contribution in [0.5, 0.6) is 0 Å². The van der Waals surface area contributed by atoms with E-state index in [4.69, 9.17) is 5.11 Å². The van der Waals surface area contributed by atoms with Crippen LogP contribution in [0.1, 0.15) is 10.4 Å². The van der Waals surface area contributed by atoms with Crippen LogP contribution in [0.4, 0.5) is 0 Å². The van der Waals surface area contributed by atoms with Crippen molar-refractivity contribution in [2.45, 2.75) is 0 Å². The van der Waals surface area contributed by atoms with Gasteiger partial charge >= 0.3 is 5.97 Å². The van der Waals surface area contributed by atoms with Crippen LogP contribution < -0.4 is 5.43 Å². The highest BCUT2D eigenvalue weighted by Gasteiger charge is 2.11. The molecule has 0 aliphatic rings. The molecular weight excluding hydrogens is 264 g/mol. The van der Waals surface area contributed by atoms with Gasteiger partial charge in [0.15, 0.2) is 5.43 Å². The third kappa shape index (κ3) is 2.02. The number of thiazole rings is 1. The van der Waals surface area contributed by atoms with Crippen molar-refractivity contribution in [2.75, 3.05) is 0 Å². The van der Waals surface area contributed by atoms with Crippen LogP contribution in [0, 0.1) is 0 Å². The number of carboxylic acid groups (broad SMARTS) is 1. The first-order valence-corrected chi connectivity index (χ1v) is 6.28. The van der Waals surface area contributed by atoms with Gasteiger partial charge in [0.05, 0.1) is 21.3 Å². The normalized spacial score (nSPS) is 10.7. The molecule has 0 atom stereocenters. The largest absolute Gasteiger partial charge is 0.478 e. The molecule has 0 bridgehead atoms. The molecule has 2 aromatic heterocycles. The van der Waals surface area contributed by atoms with Crippen molar-refractivity contribution < 1.29 is 9.90 Å². The van der Waals surface area contributed by atoms with Crippen LogP contribution in [-0.2, 0) is 0 Å². The van der Waals surface area contributed by atoms with Crippen molar-refractivity contribution in [1.82, 2.24) is 9.97 Å². The summed E-state index contributed by atoms with van der Waals surface area (Å²) in [4.78, 5) is 29.8. The minimum Gasteiger partial charge on any atom is -0.478 e. The fourth-order valence-electron chi connectivity index (χ4n) is 1.76. The van der Waals surface area contributed by atoms with Gasteiger partial charge in [-0.3, -0.25) is 4.79 Å². The first kappa shape index (κ1) is 11.6. The van der Waals surface area contributed by atoms with Crippen LogP contribution in [-0.4, -0.2) is 21.0 Å². The van der Waals surface area contributed by atoms with E-state index in [-0.39, 0.29) is 11.0 Å². The van der Waals surface area contributed by atoms with Crippen molar-refractivity contribution in [3.63, 3.8) is 0 Å². The van der Waals surface area contributed by atoms with Gasteiger partial charge in [-0.2, -0.15) is 0 Å². The second-order valence-electron chi connectivity index (χ2n) is 3.93. The Hall–Kier alpha value is -2.47. The quantitative estimate of drug-likeness (QED) is 0.750. The highest BCUT2D eigenvalue weighted by atomic mass is 32.1. The molecule has 3 rings (SSSR count). The summed E-state index contributed by atoms with van der Waals surface area (Å²) in [5, 5.41) is 9.52. The molecular formula is C13H8N2O3S. The molecule has 94 valence electrons. The topological polar surface area (TPSA) is 83.0 Å². The summed E-state index contributed by atoms with van der Waals surface area (Å²) in [6.07, 6.45) is 3.15. The number of fused-ring (bicyclic) bond motifs is 1. The molecule has 3 aromatic rings. The number of aromatic carboxylic acids is 1. The van der Waals surface area contributed by atoms with Gasteiger partial charge < -0.3 is 10.1 Å². The van der Waals surface area contributed by atoms with E-state index in [1.807, 2.05) is 0 Å². The average Bonchev–Trinajstić information content (AvgIpc) is 2.81. The van der Waals surface area contributed by atoms with Crippen molar-refractivity contribution in [1.29, 1.82) is 0 Å². The summed E-state index contributed by atoms with van der Waals surface area (Å²) in [5.41, 5.74) is 1.27. The van der Waals surface area contributed by atoms with Gasteiger partial charge in [-0.05, 0) is 18.2 Å². The van der Waals surface area contributed by atoms with E-state index in [0.717, 1.165) is 4.70 Å². The molecule has 0 aliphatic heterocycles. The van der Waals surface area contributed by atoms with E-state index in [2.05, 4.69) is 9.97 Å². The third-order valence-electron chi connectivity index (χ3n) is 2.69. The number of pyridine rings is 1. The number of benzene rings is 1. The lowest BCUT2D eigenvalue weighted by atomic mass is 10.2. The van der Waals surface area contributed by atoms with Crippen LogP contribution in [0.25, 0.3) is 20.8 Å². The summed E-state index contributed by atoms with van der Waals surface area (Å²) in [5.74, 6) is -0.977. The zero-order chi connectivity index (χ0) is 13.4. The highest BCUT2D eigenvalue weighted by molar-refractivity contribution is 7.21. The molecule has 2 N–H and O–H groups in total. The molecule has 0 spiro atoms. The van der Waals surface area contributed by atoms with Crippen LogP contribution >= 0.6 is 11.3 Å². The lowest BCUT2D eigenvalue weighted by Gasteiger charge is -1.91. The molecule has 2 heterocycles. The number of nitrogens with zero attached hydrogens (tertiary/aromatic N) is 1. The van der Waals surface area contributed by atoms with Gasteiger partial charge in [0.2, 0.25) is 0 Å². The van der Waals surface area contributed by atoms with Gasteiger partial charge in [0, 0.05) is 18.5 Å². The van der Waals surface area contributed by atoms with Crippen LogP contribution in [0.3, 0.4) is 0 Å². The maximum atomic E-state index is 11.7. The number of carboxylic acids is 1. The van der Waals surface area contributed by atoms with Crippen LogP contribution in [0.2, 0.25) is 0 Å². The Bertz CT molecular complexity index is 835. The second-order valence-corrected chi connectivity index (χ2v) is 4.96. The number of rotatable bonds is 2. The van der Waals surface area contributed by atoms with E-state index in [9.17, 15) is 9.59 Å². The standard InChI is InChI=1S/C13H8N2O3S/c16-10-3-4-14-6-8(10)12-15-9-2-1-7(13(17)18)5-11(9)19-12/h1-6H,(H,14,16)(H,17,18). The van der Waals surface area contributed by atoms with Gasteiger partial charge in [-0.25, -0.2) is 9.78 Å². The second kappa shape index (κ2) is 4.33. The van der Waals surface area contributed by atoms with E-state index in [1.54, 1.807) is 24.5 Å². The Morgan fingerprint density at radius 2 is 2.16 bits per heavy atom. The van der Waals surface area contributed by atoms with E-state index in [0.29, 0.717) is 16.1 Å².